The van der Waals surface area contributed by atoms with Crippen LogP contribution in [0.4, 0.5) is 10.7 Å². The van der Waals surface area contributed by atoms with Gasteiger partial charge in [0.15, 0.2) is 5.00 Å². The van der Waals surface area contributed by atoms with Crippen LogP contribution in [0.5, 0.6) is 0 Å². The first-order valence-electron chi connectivity index (χ1n) is 5.49. The predicted molar refractivity (Wildman–Crippen MR) is 71.5 cm³/mol. The number of aliphatic hydroxyl groups is 1. The Kier molecular flexibility index (Phi) is 5.23. The maximum Gasteiger partial charge on any atom is 0.304 e. The van der Waals surface area contributed by atoms with Crippen LogP contribution in [-0.4, -0.2) is 42.4 Å². The Hall–Kier alpha value is -1.23. The second kappa shape index (κ2) is 6.28. The van der Waals surface area contributed by atoms with E-state index in [0.717, 1.165) is 10.4 Å². The highest BCUT2D eigenvalue weighted by molar-refractivity contribution is 7.91. The number of nitro groups is 1. The van der Waals surface area contributed by atoms with Crippen molar-refractivity contribution in [1.82, 2.24) is 4.31 Å². The molecule has 0 aromatic carbocycles. The molecule has 1 rings (SSSR count). The quantitative estimate of drug-likeness (QED) is 0.562. The van der Waals surface area contributed by atoms with Gasteiger partial charge in [0.1, 0.15) is 4.21 Å². The molecule has 1 aromatic rings. The van der Waals surface area contributed by atoms with Gasteiger partial charge >= 0.3 is 5.69 Å². The molecule has 0 saturated carbocycles. The highest BCUT2D eigenvalue weighted by atomic mass is 32.2. The first kappa shape index (κ1) is 15.8. The minimum Gasteiger partial charge on any atom is -0.395 e. The number of hydrogen-bond acceptors (Lipinski definition) is 7. The number of sulfonamides is 1. The summed E-state index contributed by atoms with van der Waals surface area (Å²) in [5.74, 6) is 0. The first-order chi connectivity index (χ1) is 8.84. The SMILES string of the molecule is CCCN(CCO)S(=O)(=O)c1cc([N+](=O)[O-])c(N)s1. The third-order valence-corrected chi connectivity index (χ3v) is 5.63. The lowest BCUT2D eigenvalue weighted by Crippen LogP contribution is -2.33. The smallest absolute Gasteiger partial charge is 0.304 e. The van der Waals surface area contributed by atoms with Gasteiger partial charge in [-0.3, -0.25) is 10.1 Å². The van der Waals surface area contributed by atoms with Gasteiger partial charge in [-0.2, -0.15) is 4.31 Å². The average molecular weight is 309 g/mol. The number of rotatable bonds is 7. The molecular formula is C9H15N3O5S2. The first-order valence-corrected chi connectivity index (χ1v) is 7.75. The molecule has 10 heteroatoms. The van der Waals surface area contributed by atoms with Gasteiger partial charge in [0.05, 0.1) is 11.5 Å². The van der Waals surface area contributed by atoms with E-state index < -0.39 is 20.6 Å². The molecule has 108 valence electrons. The minimum absolute atomic E-state index is 0.0538. The summed E-state index contributed by atoms with van der Waals surface area (Å²) in [5, 5.41) is 19.4. The third-order valence-electron chi connectivity index (χ3n) is 2.33. The topological polar surface area (TPSA) is 127 Å². The van der Waals surface area contributed by atoms with E-state index in [2.05, 4.69) is 0 Å². The van der Waals surface area contributed by atoms with Crippen molar-refractivity contribution in [3.63, 3.8) is 0 Å². The molecule has 0 fully saturated rings. The molecule has 1 aromatic heterocycles. The molecule has 19 heavy (non-hydrogen) atoms. The van der Waals surface area contributed by atoms with Gasteiger partial charge in [0.2, 0.25) is 0 Å². The normalized spacial score (nSPS) is 11.9. The summed E-state index contributed by atoms with van der Waals surface area (Å²) in [6.07, 6.45) is 0.572. The molecule has 0 unspecified atom stereocenters. The maximum absolute atomic E-state index is 12.2. The zero-order valence-corrected chi connectivity index (χ0v) is 11.9. The van der Waals surface area contributed by atoms with Crippen LogP contribution in [0.1, 0.15) is 13.3 Å². The highest BCUT2D eigenvalue weighted by Gasteiger charge is 2.29. The van der Waals surface area contributed by atoms with Crippen LogP contribution in [0.2, 0.25) is 0 Å². The number of anilines is 1. The number of thiophene rings is 1. The summed E-state index contributed by atoms with van der Waals surface area (Å²) in [6.45, 7) is 1.66. The Balaban J connectivity index is 3.17. The molecule has 0 spiro atoms. The number of nitrogen functional groups attached to an aromatic ring is 1. The molecule has 0 radical (unpaired) electrons. The fourth-order valence-electron chi connectivity index (χ4n) is 1.48. The van der Waals surface area contributed by atoms with Gasteiger partial charge in [-0.1, -0.05) is 18.3 Å². The lowest BCUT2D eigenvalue weighted by atomic mass is 10.5. The maximum atomic E-state index is 12.2. The van der Waals surface area contributed by atoms with Crippen LogP contribution in [0.3, 0.4) is 0 Å². The van der Waals surface area contributed by atoms with E-state index in [-0.39, 0.29) is 28.9 Å². The fraction of sp³-hybridized carbons (Fsp3) is 0.556. The van der Waals surface area contributed by atoms with Crippen molar-refractivity contribution in [2.24, 2.45) is 0 Å². The van der Waals surface area contributed by atoms with E-state index in [4.69, 9.17) is 10.8 Å². The van der Waals surface area contributed by atoms with Crippen LogP contribution < -0.4 is 5.73 Å². The Morgan fingerprint density at radius 1 is 1.53 bits per heavy atom. The van der Waals surface area contributed by atoms with Gasteiger partial charge in [-0.15, -0.1) is 0 Å². The molecule has 0 bridgehead atoms. The lowest BCUT2D eigenvalue weighted by molar-refractivity contribution is -0.383. The fourth-order valence-corrected chi connectivity index (χ4v) is 4.38. The van der Waals surface area contributed by atoms with Crippen LogP contribution >= 0.6 is 11.3 Å². The summed E-state index contributed by atoms with van der Waals surface area (Å²) in [7, 11) is -3.85. The van der Waals surface area contributed by atoms with Gasteiger partial charge in [-0.25, -0.2) is 8.42 Å². The molecule has 0 saturated heterocycles. The molecule has 0 aliphatic carbocycles. The Labute approximate surface area is 114 Å². The molecule has 0 amide bonds. The van der Waals surface area contributed by atoms with E-state index in [1.54, 1.807) is 6.92 Å². The third kappa shape index (κ3) is 3.41. The van der Waals surface area contributed by atoms with Crippen molar-refractivity contribution >= 4 is 32.0 Å². The van der Waals surface area contributed by atoms with E-state index in [0.29, 0.717) is 17.8 Å². The lowest BCUT2D eigenvalue weighted by Gasteiger charge is -2.19. The van der Waals surface area contributed by atoms with Gasteiger partial charge in [0, 0.05) is 19.2 Å². The van der Waals surface area contributed by atoms with Gasteiger partial charge in [0.25, 0.3) is 10.0 Å². The van der Waals surface area contributed by atoms with E-state index >= 15 is 0 Å². The molecule has 3 N–H and O–H groups in total. The Bertz CT molecular complexity index is 548. The molecule has 1 heterocycles. The van der Waals surface area contributed by atoms with Crippen LogP contribution in [-0.2, 0) is 10.0 Å². The number of nitrogens with two attached hydrogens (primary N) is 1. The zero-order chi connectivity index (χ0) is 14.6. The van der Waals surface area contributed by atoms with Crippen molar-refractivity contribution in [3.8, 4) is 0 Å². The molecule has 8 nitrogen and oxygen atoms in total. The minimum atomic E-state index is -3.85. The largest absolute Gasteiger partial charge is 0.395 e. The van der Waals surface area contributed by atoms with Gasteiger partial charge in [-0.05, 0) is 6.42 Å². The van der Waals surface area contributed by atoms with Gasteiger partial charge < -0.3 is 10.8 Å². The number of nitrogens with zero attached hydrogens (tertiary/aromatic N) is 2. The van der Waals surface area contributed by atoms with Crippen LogP contribution in [0.15, 0.2) is 10.3 Å². The average Bonchev–Trinajstić information content (AvgIpc) is 2.72. The Morgan fingerprint density at radius 2 is 2.16 bits per heavy atom. The van der Waals surface area contributed by atoms with Crippen LogP contribution in [0.25, 0.3) is 0 Å². The van der Waals surface area contributed by atoms with Crippen molar-refractivity contribution in [2.45, 2.75) is 17.6 Å². The second-order valence-electron chi connectivity index (χ2n) is 3.70. The summed E-state index contributed by atoms with van der Waals surface area (Å²) in [6, 6.07) is 0.954. The molecule has 0 atom stereocenters. The zero-order valence-electron chi connectivity index (χ0n) is 10.3. The van der Waals surface area contributed by atoms with Crippen molar-refractivity contribution < 1.29 is 18.4 Å². The Morgan fingerprint density at radius 3 is 2.58 bits per heavy atom. The number of hydrogen-bond donors (Lipinski definition) is 2. The summed E-state index contributed by atoms with van der Waals surface area (Å²) >= 11 is 0.655. The molecule has 0 aliphatic rings. The van der Waals surface area contributed by atoms with Crippen molar-refractivity contribution in [2.75, 3.05) is 25.4 Å². The van der Waals surface area contributed by atoms with E-state index in [1.807, 2.05) is 0 Å². The van der Waals surface area contributed by atoms with E-state index in [9.17, 15) is 18.5 Å². The van der Waals surface area contributed by atoms with Crippen LogP contribution in [0, 0.1) is 10.1 Å². The van der Waals surface area contributed by atoms with Crippen molar-refractivity contribution in [1.29, 1.82) is 0 Å². The summed E-state index contributed by atoms with van der Waals surface area (Å²) in [4.78, 5) is 9.95. The molecular weight excluding hydrogens is 294 g/mol. The van der Waals surface area contributed by atoms with E-state index in [1.165, 1.54) is 0 Å². The van der Waals surface area contributed by atoms with Crippen molar-refractivity contribution in [3.05, 3.63) is 16.2 Å². The summed E-state index contributed by atoms with van der Waals surface area (Å²) < 4.78 is 25.4. The standard InChI is InChI=1S/C9H15N3O5S2/c1-2-3-11(4-5-13)19(16,17)8-6-7(12(14)15)9(10)18-8/h6,13H,2-5,10H2,1H3. The number of aliphatic hydroxyl groups excluding tert-OH is 1. The predicted octanol–water partition coefficient (Wildman–Crippen LogP) is 0.632. The monoisotopic (exact) mass is 309 g/mol. The summed E-state index contributed by atoms with van der Waals surface area (Å²) in [5.41, 5.74) is 5.02. The second-order valence-corrected chi connectivity index (χ2v) is 6.95. The molecule has 0 aliphatic heterocycles. The highest BCUT2D eigenvalue weighted by Crippen LogP contribution is 2.35.